The predicted molar refractivity (Wildman–Crippen MR) is 110 cm³/mol. The summed E-state index contributed by atoms with van der Waals surface area (Å²) in [5.41, 5.74) is 1.70. The van der Waals surface area contributed by atoms with E-state index < -0.39 is 0 Å². The number of nitrogens with one attached hydrogen (secondary N) is 1. The fourth-order valence-electron chi connectivity index (χ4n) is 3.37. The highest BCUT2D eigenvalue weighted by Gasteiger charge is 2.30. The van der Waals surface area contributed by atoms with E-state index in [1.54, 1.807) is 48.5 Å². The summed E-state index contributed by atoms with van der Waals surface area (Å²) in [4.78, 5) is 26.7. The fraction of sp³-hybridized carbons (Fsp3) is 0.348. The highest BCUT2D eigenvalue weighted by molar-refractivity contribution is 5.95. The van der Waals surface area contributed by atoms with Gasteiger partial charge in [-0.25, -0.2) is 0 Å². The molecule has 1 fully saturated rings. The molecule has 0 saturated carbocycles. The van der Waals surface area contributed by atoms with E-state index >= 15 is 0 Å². The van der Waals surface area contributed by atoms with Gasteiger partial charge in [-0.15, -0.1) is 0 Å². The van der Waals surface area contributed by atoms with Crippen LogP contribution in [-0.4, -0.2) is 41.9 Å². The summed E-state index contributed by atoms with van der Waals surface area (Å²) in [6.07, 6.45) is 1.82. The SMILES string of the molecule is CC(C)NC(=O)c1ccc(OC[C@H]2CCCN2C(=O)c2ccc(C#N)cc2)cc1. The number of carbonyl (C=O) groups is 2. The molecule has 0 aromatic heterocycles. The van der Waals surface area contributed by atoms with Gasteiger partial charge in [0.2, 0.25) is 0 Å². The first kappa shape index (κ1) is 20.4. The number of rotatable bonds is 6. The van der Waals surface area contributed by atoms with Crippen molar-refractivity contribution in [1.82, 2.24) is 10.2 Å². The zero-order chi connectivity index (χ0) is 20.8. The standard InChI is InChI=1S/C23H25N3O3/c1-16(2)25-22(27)18-9-11-21(12-10-18)29-15-20-4-3-13-26(20)23(28)19-7-5-17(14-24)6-8-19/h5-12,16,20H,3-4,13,15H2,1-2H3,(H,25,27)/t20-/m1/s1. The minimum atomic E-state index is -0.110. The van der Waals surface area contributed by atoms with Crippen molar-refractivity contribution in [3.8, 4) is 11.8 Å². The van der Waals surface area contributed by atoms with E-state index in [9.17, 15) is 9.59 Å². The van der Waals surface area contributed by atoms with Crippen LogP contribution in [0.5, 0.6) is 5.75 Å². The third-order valence-electron chi connectivity index (χ3n) is 4.88. The highest BCUT2D eigenvalue weighted by Crippen LogP contribution is 2.22. The Morgan fingerprint density at radius 1 is 1.14 bits per heavy atom. The number of nitrogens with zero attached hydrogens (tertiary/aromatic N) is 2. The first-order valence-electron chi connectivity index (χ1n) is 9.83. The number of likely N-dealkylation sites (tertiary alicyclic amines) is 1. The van der Waals surface area contributed by atoms with Gasteiger partial charge in [-0.05, 0) is 75.2 Å². The number of hydrogen-bond acceptors (Lipinski definition) is 4. The smallest absolute Gasteiger partial charge is 0.254 e. The molecule has 1 saturated heterocycles. The van der Waals surface area contributed by atoms with Crippen LogP contribution in [0, 0.1) is 11.3 Å². The second-order valence-corrected chi connectivity index (χ2v) is 7.45. The number of carbonyl (C=O) groups excluding carboxylic acids is 2. The zero-order valence-corrected chi connectivity index (χ0v) is 16.7. The van der Waals surface area contributed by atoms with Gasteiger partial charge in [-0.2, -0.15) is 5.26 Å². The van der Waals surface area contributed by atoms with Gasteiger partial charge >= 0.3 is 0 Å². The van der Waals surface area contributed by atoms with Crippen LogP contribution in [0.15, 0.2) is 48.5 Å². The molecule has 0 aliphatic carbocycles. The summed E-state index contributed by atoms with van der Waals surface area (Å²) < 4.78 is 5.89. The number of ether oxygens (including phenoxy) is 1. The van der Waals surface area contributed by atoms with Crippen LogP contribution in [0.25, 0.3) is 0 Å². The Balaban J connectivity index is 1.59. The molecule has 6 heteroatoms. The number of amides is 2. The lowest BCUT2D eigenvalue weighted by Crippen LogP contribution is -2.39. The van der Waals surface area contributed by atoms with Crippen LogP contribution in [0.2, 0.25) is 0 Å². The molecule has 6 nitrogen and oxygen atoms in total. The molecule has 1 heterocycles. The first-order chi connectivity index (χ1) is 14.0. The van der Waals surface area contributed by atoms with Crippen molar-refractivity contribution in [2.75, 3.05) is 13.2 Å². The fourth-order valence-corrected chi connectivity index (χ4v) is 3.37. The predicted octanol–water partition coefficient (Wildman–Crippen LogP) is 3.38. The Labute approximate surface area is 171 Å². The molecule has 1 N–H and O–H groups in total. The van der Waals surface area contributed by atoms with Crippen molar-refractivity contribution in [3.05, 3.63) is 65.2 Å². The molecule has 1 aliphatic heterocycles. The van der Waals surface area contributed by atoms with E-state index in [4.69, 9.17) is 10.00 Å². The Bertz CT molecular complexity index is 898. The molecule has 0 radical (unpaired) electrons. The van der Waals surface area contributed by atoms with E-state index in [2.05, 4.69) is 11.4 Å². The topological polar surface area (TPSA) is 82.4 Å². The van der Waals surface area contributed by atoms with Crippen LogP contribution in [-0.2, 0) is 0 Å². The van der Waals surface area contributed by atoms with E-state index in [0.29, 0.717) is 35.6 Å². The van der Waals surface area contributed by atoms with Crippen molar-refractivity contribution < 1.29 is 14.3 Å². The molecular formula is C23H25N3O3. The maximum Gasteiger partial charge on any atom is 0.254 e. The van der Waals surface area contributed by atoms with Gasteiger partial charge in [0.15, 0.2) is 0 Å². The van der Waals surface area contributed by atoms with Gasteiger partial charge in [0.05, 0.1) is 17.7 Å². The van der Waals surface area contributed by atoms with Gasteiger partial charge in [-0.3, -0.25) is 9.59 Å². The number of benzene rings is 2. The molecule has 0 spiro atoms. The van der Waals surface area contributed by atoms with Gasteiger partial charge in [-0.1, -0.05) is 0 Å². The van der Waals surface area contributed by atoms with Crippen molar-refractivity contribution >= 4 is 11.8 Å². The average molecular weight is 391 g/mol. The highest BCUT2D eigenvalue weighted by atomic mass is 16.5. The quantitative estimate of drug-likeness (QED) is 0.818. The van der Waals surface area contributed by atoms with Crippen LogP contribution in [0.1, 0.15) is 53.0 Å². The normalized spacial score (nSPS) is 15.8. The molecule has 2 aromatic rings. The summed E-state index contributed by atoms with van der Waals surface area (Å²) >= 11 is 0. The molecule has 29 heavy (non-hydrogen) atoms. The molecule has 2 amide bonds. The molecule has 1 atom stereocenters. The Hall–Kier alpha value is -3.33. The molecule has 3 rings (SSSR count). The Kier molecular flexibility index (Phi) is 6.50. The van der Waals surface area contributed by atoms with Crippen molar-refractivity contribution in [2.24, 2.45) is 0 Å². The van der Waals surface area contributed by atoms with Crippen LogP contribution < -0.4 is 10.1 Å². The Morgan fingerprint density at radius 3 is 2.41 bits per heavy atom. The third kappa shape index (κ3) is 5.14. The van der Waals surface area contributed by atoms with E-state index in [1.807, 2.05) is 18.7 Å². The van der Waals surface area contributed by atoms with E-state index in [1.165, 1.54) is 0 Å². The molecule has 2 aromatic carbocycles. The van der Waals surface area contributed by atoms with E-state index in [0.717, 1.165) is 12.8 Å². The number of hydrogen-bond donors (Lipinski definition) is 1. The average Bonchev–Trinajstić information content (AvgIpc) is 3.20. The third-order valence-corrected chi connectivity index (χ3v) is 4.88. The minimum Gasteiger partial charge on any atom is -0.491 e. The van der Waals surface area contributed by atoms with Crippen LogP contribution in [0.4, 0.5) is 0 Å². The summed E-state index contributed by atoms with van der Waals surface area (Å²) in [6, 6.07) is 15.9. The lowest BCUT2D eigenvalue weighted by atomic mass is 10.1. The first-order valence-corrected chi connectivity index (χ1v) is 9.83. The van der Waals surface area contributed by atoms with Crippen molar-refractivity contribution in [1.29, 1.82) is 5.26 Å². The minimum absolute atomic E-state index is 0.00191. The van der Waals surface area contributed by atoms with Gasteiger partial charge in [0.25, 0.3) is 11.8 Å². The van der Waals surface area contributed by atoms with Crippen LogP contribution >= 0.6 is 0 Å². The lowest BCUT2D eigenvalue weighted by Gasteiger charge is -2.25. The summed E-state index contributed by atoms with van der Waals surface area (Å²) in [7, 11) is 0. The maximum absolute atomic E-state index is 12.8. The van der Waals surface area contributed by atoms with E-state index in [-0.39, 0.29) is 23.9 Å². The maximum atomic E-state index is 12.8. The zero-order valence-electron chi connectivity index (χ0n) is 16.7. The molecule has 150 valence electrons. The van der Waals surface area contributed by atoms with Gasteiger partial charge in [0, 0.05) is 23.7 Å². The summed E-state index contributed by atoms with van der Waals surface area (Å²) in [6.45, 7) is 4.94. The summed E-state index contributed by atoms with van der Waals surface area (Å²) in [5, 5.41) is 11.8. The van der Waals surface area contributed by atoms with Gasteiger partial charge < -0.3 is 15.0 Å². The van der Waals surface area contributed by atoms with Crippen molar-refractivity contribution in [3.63, 3.8) is 0 Å². The lowest BCUT2D eigenvalue weighted by molar-refractivity contribution is 0.0691. The largest absolute Gasteiger partial charge is 0.491 e. The molecule has 0 unspecified atom stereocenters. The monoisotopic (exact) mass is 391 g/mol. The second kappa shape index (κ2) is 9.24. The molecule has 1 aliphatic rings. The Morgan fingerprint density at radius 2 is 1.79 bits per heavy atom. The summed E-state index contributed by atoms with van der Waals surface area (Å²) in [5.74, 6) is 0.520. The second-order valence-electron chi connectivity index (χ2n) is 7.45. The molecular weight excluding hydrogens is 366 g/mol. The number of nitriles is 1. The van der Waals surface area contributed by atoms with Gasteiger partial charge in [0.1, 0.15) is 12.4 Å². The van der Waals surface area contributed by atoms with Crippen molar-refractivity contribution in [2.45, 2.75) is 38.8 Å². The van der Waals surface area contributed by atoms with Crippen LogP contribution in [0.3, 0.4) is 0 Å². The molecule has 0 bridgehead atoms.